The quantitative estimate of drug-likeness (QED) is 0.628. The summed E-state index contributed by atoms with van der Waals surface area (Å²) in [5, 5.41) is 9.43. The van der Waals surface area contributed by atoms with E-state index in [2.05, 4.69) is 0 Å². The number of carbonyl (C=O) groups excluding carboxylic acids is 1. The molecule has 4 heteroatoms. The molecule has 0 saturated carbocycles. The number of aliphatic hydroxyl groups is 1. The van der Waals surface area contributed by atoms with Gasteiger partial charge in [-0.3, -0.25) is 4.79 Å². The molecular weight excluding hydrogens is 168 g/mol. The van der Waals surface area contributed by atoms with Gasteiger partial charge in [0.05, 0.1) is 18.7 Å². The van der Waals surface area contributed by atoms with Crippen molar-refractivity contribution in [1.82, 2.24) is 4.90 Å². The van der Waals surface area contributed by atoms with Crippen LogP contribution in [0, 0.1) is 5.92 Å². The van der Waals surface area contributed by atoms with Gasteiger partial charge in [0, 0.05) is 5.92 Å². The van der Waals surface area contributed by atoms with Gasteiger partial charge in [-0.05, 0) is 19.9 Å². The van der Waals surface area contributed by atoms with Gasteiger partial charge in [-0.1, -0.05) is 6.92 Å². The Morgan fingerprint density at radius 2 is 2.23 bits per heavy atom. The molecule has 1 heterocycles. The van der Waals surface area contributed by atoms with E-state index in [1.165, 1.54) is 0 Å². The molecule has 0 aromatic rings. The average Bonchev–Trinajstić information content (AvgIpc) is 1.99. The molecule has 1 rings (SSSR count). The van der Waals surface area contributed by atoms with Crippen LogP contribution in [0.4, 0.5) is 0 Å². The molecule has 76 valence electrons. The zero-order valence-corrected chi connectivity index (χ0v) is 8.29. The first-order valence-corrected chi connectivity index (χ1v) is 4.67. The Balaban J connectivity index is 2.34. The summed E-state index contributed by atoms with van der Waals surface area (Å²) in [6.07, 6.45) is 0.720. The molecule has 4 nitrogen and oxygen atoms in total. The highest BCUT2D eigenvalue weighted by Gasteiger charge is 2.40. The zero-order valence-electron chi connectivity index (χ0n) is 8.29. The van der Waals surface area contributed by atoms with Gasteiger partial charge in [0.1, 0.15) is 0 Å². The second kappa shape index (κ2) is 3.64. The van der Waals surface area contributed by atoms with Crippen molar-refractivity contribution in [2.75, 3.05) is 19.6 Å². The van der Waals surface area contributed by atoms with Crippen molar-refractivity contribution in [3.8, 4) is 0 Å². The summed E-state index contributed by atoms with van der Waals surface area (Å²) in [5.41, 5.74) is 4.69. The molecule has 1 unspecified atom stereocenters. The molecular formula is C9H18N2O2. The number of hydrogen-bond acceptors (Lipinski definition) is 3. The lowest BCUT2D eigenvalue weighted by atomic mass is 9.94. The number of nitrogens with two attached hydrogens (primary N) is 1. The van der Waals surface area contributed by atoms with Crippen molar-refractivity contribution in [2.45, 2.75) is 25.9 Å². The van der Waals surface area contributed by atoms with Crippen LogP contribution in [0.15, 0.2) is 0 Å². The van der Waals surface area contributed by atoms with Crippen molar-refractivity contribution >= 4 is 5.91 Å². The van der Waals surface area contributed by atoms with E-state index in [1.54, 1.807) is 11.8 Å². The summed E-state index contributed by atoms with van der Waals surface area (Å²) in [7, 11) is 0. The number of likely N-dealkylation sites (tertiary alicyclic amines) is 1. The molecule has 1 aliphatic heterocycles. The highest BCUT2D eigenvalue weighted by molar-refractivity contribution is 5.79. The number of hydrogen-bond donors (Lipinski definition) is 2. The number of amides is 1. The summed E-state index contributed by atoms with van der Waals surface area (Å²) >= 11 is 0. The zero-order chi connectivity index (χ0) is 10.1. The Labute approximate surface area is 78.7 Å². The van der Waals surface area contributed by atoms with Gasteiger partial charge in [-0.15, -0.1) is 0 Å². The summed E-state index contributed by atoms with van der Waals surface area (Å²) in [6, 6.07) is 0. The van der Waals surface area contributed by atoms with Crippen LogP contribution in [0.3, 0.4) is 0 Å². The van der Waals surface area contributed by atoms with Crippen LogP contribution in [0.2, 0.25) is 0 Å². The largest absolute Gasteiger partial charge is 0.386 e. The molecule has 1 saturated heterocycles. The van der Waals surface area contributed by atoms with Crippen molar-refractivity contribution in [3.05, 3.63) is 0 Å². The van der Waals surface area contributed by atoms with Crippen LogP contribution in [0.1, 0.15) is 20.3 Å². The molecule has 0 radical (unpaired) electrons. The minimum absolute atomic E-state index is 0.0129. The molecule has 0 bridgehead atoms. The van der Waals surface area contributed by atoms with Crippen molar-refractivity contribution < 1.29 is 9.90 Å². The number of carbonyl (C=O) groups is 1. The maximum Gasteiger partial charge on any atom is 0.225 e. The van der Waals surface area contributed by atoms with Gasteiger partial charge >= 0.3 is 0 Å². The number of nitrogens with zero attached hydrogens (tertiary/aromatic N) is 1. The number of rotatable bonds is 3. The minimum atomic E-state index is -0.669. The highest BCUT2D eigenvalue weighted by Crippen LogP contribution is 2.22. The van der Waals surface area contributed by atoms with Gasteiger partial charge in [0.2, 0.25) is 5.91 Å². The topological polar surface area (TPSA) is 66.6 Å². The maximum absolute atomic E-state index is 11.6. The summed E-state index contributed by atoms with van der Waals surface area (Å²) in [4.78, 5) is 13.2. The molecule has 1 atom stereocenters. The molecule has 1 fully saturated rings. The lowest BCUT2D eigenvalue weighted by Crippen LogP contribution is -2.62. The molecule has 3 N–H and O–H groups in total. The molecule has 0 aromatic heterocycles. The molecule has 0 aromatic carbocycles. The van der Waals surface area contributed by atoms with Crippen LogP contribution in [0.25, 0.3) is 0 Å². The normalized spacial score (nSPS) is 22.3. The van der Waals surface area contributed by atoms with Crippen LogP contribution in [0.5, 0.6) is 0 Å². The van der Waals surface area contributed by atoms with Gasteiger partial charge in [-0.25, -0.2) is 0 Å². The Hall–Kier alpha value is -0.610. The first kappa shape index (κ1) is 10.5. The van der Waals surface area contributed by atoms with E-state index in [-0.39, 0.29) is 11.8 Å². The summed E-state index contributed by atoms with van der Waals surface area (Å²) in [5.74, 6) is 0.0954. The number of β-amino-alcohol motifs (C(OH)–C–C–N with tert-alkyl or cyclic N) is 1. The Kier molecular flexibility index (Phi) is 2.93. The third-order valence-corrected chi connectivity index (χ3v) is 2.40. The Morgan fingerprint density at radius 1 is 1.69 bits per heavy atom. The maximum atomic E-state index is 11.6. The van der Waals surface area contributed by atoms with Crippen LogP contribution in [-0.2, 0) is 4.79 Å². The van der Waals surface area contributed by atoms with Crippen molar-refractivity contribution in [3.63, 3.8) is 0 Å². The fraction of sp³-hybridized carbons (Fsp3) is 0.889. The van der Waals surface area contributed by atoms with Crippen LogP contribution >= 0.6 is 0 Å². The SMILES string of the molecule is CC(CCN)C(=O)N1CC(C)(O)C1. The van der Waals surface area contributed by atoms with Gasteiger partial charge in [-0.2, -0.15) is 0 Å². The average molecular weight is 186 g/mol. The highest BCUT2D eigenvalue weighted by atomic mass is 16.3. The third-order valence-electron chi connectivity index (χ3n) is 2.40. The lowest BCUT2D eigenvalue weighted by molar-refractivity contribution is -0.156. The summed E-state index contributed by atoms with van der Waals surface area (Å²) in [6.45, 7) is 5.07. The predicted octanol–water partition coefficient (Wildman–Crippen LogP) is -0.435. The van der Waals surface area contributed by atoms with E-state index >= 15 is 0 Å². The minimum Gasteiger partial charge on any atom is -0.386 e. The molecule has 13 heavy (non-hydrogen) atoms. The third kappa shape index (κ3) is 2.42. The Bertz CT molecular complexity index is 196. The van der Waals surface area contributed by atoms with Gasteiger partial charge < -0.3 is 15.7 Å². The van der Waals surface area contributed by atoms with Gasteiger partial charge in [0.25, 0.3) is 0 Å². The standard InChI is InChI=1S/C9H18N2O2/c1-7(3-4-10)8(12)11-5-9(2,13)6-11/h7,13H,3-6,10H2,1-2H3. The second-order valence-corrected chi connectivity index (χ2v) is 4.17. The molecule has 1 amide bonds. The van der Waals surface area contributed by atoms with Crippen LogP contribution < -0.4 is 5.73 Å². The van der Waals surface area contributed by atoms with E-state index in [9.17, 15) is 9.90 Å². The van der Waals surface area contributed by atoms with Crippen LogP contribution in [-0.4, -0.2) is 41.1 Å². The van der Waals surface area contributed by atoms with Crippen molar-refractivity contribution in [2.24, 2.45) is 11.7 Å². The van der Waals surface area contributed by atoms with E-state index in [0.717, 1.165) is 6.42 Å². The predicted molar refractivity (Wildman–Crippen MR) is 50.0 cm³/mol. The van der Waals surface area contributed by atoms with E-state index < -0.39 is 5.60 Å². The smallest absolute Gasteiger partial charge is 0.225 e. The fourth-order valence-electron chi connectivity index (χ4n) is 1.62. The first-order chi connectivity index (χ1) is 5.96. The molecule has 1 aliphatic rings. The molecule has 0 aliphatic carbocycles. The fourth-order valence-corrected chi connectivity index (χ4v) is 1.62. The van der Waals surface area contributed by atoms with E-state index in [0.29, 0.717) is 19.6 Å². The molecule has 0 spiro atoms. The summed E-state index contributed by atoms with van der Waals surface area (Å²) < 4.78 is 0. The van der Waals surface area contributed by atoms with E-state index in [1.807, 2.05) is 6.92 Å². The van der Waals surface area contributed by atoms with Gasteiger partial charge in [0.15, 0.2) is 0 Å². The lowest BCUT2D eigenvalue weighted by Gasteiger charge is -2.45. The Morgan fingerprint density at radius 3 is 2.62 bits per heavy atom. The monoisotopic (exact) mass is 186 g/mol. The van der Waals surface area contributed by atoms with Crippen molar-refractivity contribution in [1.29, 1.82) is 0 Å². The first-order valence-electron chi connectivity index (χ1n) is 4.67. The van der Waals surface area contributed by atoms with E-state index in [4.69, 9.17) is 5.73 Å². The second-order valence-electron chi connectivity index (χ2n) is 4.17.